The van der Waals surface area contributed by atoms with Gasteiger partial charge >= 0.3 is 5.97 Å². The van der Waals surface area contributed by atoms with Gasteiger partial charge < -0.3 is 9.47 Å². The Morgan fingerprint density at radius 3 is 2.71 bits per heavy atom. The van der Waals surface area contributed by atoms with Crippen molar-refractivity contribution < 1.29 is 19.1 Å². The monoisotopic (exact) mass is 372 g/mol. The molecule has 6 heteroatoms. The van der Waals surface area contributed by atoms with Gasteiger partial charge in [0.2, 0.25) is 0 Å². The molecule has 0 saturated carbocycles. The maximum absolute atomic E-state index is 12.1. The summed E-state index contributed by atoms with van der Waals surface area (Å²) in [7, 11) is 0. The summed E-state index contributed by atoms with van der Waals surface area (Å²) in [4.78, 5) is 23.6. The molecule has 1 aromatic rings. The molecule has 2 rings (SSSR count). The molecule has 4 nitrogen and oxygen atoms in total. The molecule has 0 aliphatic heterocycles. The maximum atomic E-state index is 12.1. The van der Waals surface area contributed by atoms with Crippen LogP contribution in [0.4, 0.5) is 0 Å². The van der Waals surface area contributed by atoms with Crippen molar-refractivity contribution in [3.8, 4) is 5.75 Å². The van der Waals surface area contributed by atoms with E-state index in [9.17, 15) is 9.59 Å². The zero-order valence-corrected chi connectivity index (χ0v) is 15.5. The van der Waals surface area contributed by atoms with Gasteiger partial charge in [-0.2, -0.15) is 0 Å². The molecule has 1 aliphatic carbocycles. The number of rotatable bonds is 8. The second-order valence-corrected chi connectivity index (χ2v) is 6.79. The number of ether oxygens (including phenoxy) is 2. The number of fused-ring (bicyclic) bond motifs is 1. The van der Waals surface area contributed by atoms with E-state index in [-0.39, 0.29) is 27.7 Å². The number of halogens is 2. The fraction of sp³-hybridized carbons (Fsp3) is 0.556. The molecule has 0 saturated heterocycles. The predicted molar refractivity (Wildman–Crippen MR) is 94.3 cm³/mol. The Hall–Kier alpha value is -1.26. The number of carbonyl (C=O) groups is 2. The van der Waals surface area contributed by atoms with E-state index in [1.807, 2.05) is 13.8 Å². The van der Waals surface area contributed by atoms with Crippen molar-refractivity contribution in [1.82, 2.24) is 0 Å². The van der Waals surface area contributed by atoms with Crippen molar-refractivity contribution in [3.63, 3.8) is 0 Å². The van der Waals surface area contributed by atoms with E-state index >= 15 is 0 Å². The lowest BCUT2D eigenvalue weighted by atomic mass is 10.1. The summed E-state index contributed by atoms with van der Waals surface area (Å²) in [5, 5.41) is 0.515. The van der Waals surface area contributed by atoms with Crippen molar-refractivity contribution in [3.05, 3.63) is 27.2 Å². The Morgan fingerprint density at radius 2 is 2.00 bits per heavy atom. The number of hydrogen-bond acceptors (Lipinski definition) is 4. The minimum absolute atomic E-state index is 0.0262. The van der Waals surface area contributed by atoms with Gasteiger partial charge in [-0.3, -0.25) is 9.59 Å². The fourth-order valence-electron chi connectivity index (χ4n) is 2.66. The summed E-state index contributed by atoms with van der Waals surface area (Å²) < 4.78 is 10.7. The normalized spacial score (nSPS) is 16.2. The van der Waals surface area contributed by atoms with Gasteiger partial charge in [0.15, 0.2) is 5.78 Å². The van der Waals surface area contributed by atoms with Gasteiger partial charge in [0.1, 0.15) is 10.8 Å². The zero-order valence-electron chi connectivity index (χ0n) is 14.0. The molecular weight excluding hydrogens is 351 g/mol. The summed E-state index contributed by atoms with van der Waals surface area (Å²) in [6, 6.07) is 1.78. The number of carbonyl (C=O) groups excluding carboxylic acids is 2. The Kier molecular flexibility index (Phi) is 6.93. The average Bonchev–Trinajstić information content (AvgIpc) is 2.83. The van der Waals surface area contributed by atoms with Crippen LogP contribution in [0.2, 0.25) is 10.0 Å². The summed E-state index contributed by atoms with van der Waals surface area (Å²) in [5.41, 5.74) is 1.39. The molecule has 1 aliphatic rings. The first kappa shape index (κ1) is 19.1. The first-order valence-corrected chi connectivity index (χ1v) is 9.04. The number of benzene rings is 1. The molecule has 1 unspecified atom stereocenters. The third-order valence-electron chi connectivity index (χ3n) is 4.02. The van der Waals surface area contributed by atoms with E-state index in [1.165, 1.54) is 0 Å². The van der Waals surface area contributed by atoms with E-state index in [0.29, 0.717) is 43.8 Å². The molecular formula is C18H22Cl2O4. The smallest absolute Gasteiger partial charge is 0.305 e. The van der Waals surface area contributed by atoms with Crippen molar-refractivity contribution in [1.29, 1.82) is 0 Å². The van der Waals surface area contributed by atoms with Crippen LogP contribution in [0, 0.1) is 5.92 Å². The van der Waals surface area contributed by atoms with Gasteiger partial charge in [0, 0.05) is 17.9 Å². The first-order valence-electron chi connectivity index (χ1n) is 8.29. The highest BCUT2D eigenvalue weighted by atomic mass is 35.5. The number of unbranched alkanes of at least 4 members (excludes halogenated alkanes) is 1. The van der Waals surface area contributed by atoms with E-state index in [0.717, 1.165) is 18.4 Å². The molecule has 0 N–H and O–H groups in total. The summed E-state index contributed by atoms with van der Waals surface area (Å²) in [6.45, 7) is 4.72. The van der Waals surface area contributed by atoms with Crippen LogP contribution in [-0.4, -0.2) is 25.0 Å². The first-order chi connectivity index (χ1) is 11.5. The van der Waals surface area contributed by atoms with Crippen molar-refractivity contribution in [2.75, 3.05) is 13.2 Å². The number of hydrogen-bond donors (Lipinski definition) is 0. The highest BCUT2D eigenvalue weighted by Crippen LogP contribution is 2.42. The molecule has 132 valence electrons. The predicted octanol–water partition coefficient (Wildman–Crippen LogP) is 4.87. The standard InChI is InChI=1S/C18H22Cl2O4/c1-3-4-7-24-14(21)6-5-8-23-13-10-12-9-11(2)18(22)15(12)17(20)16(13)19/h10-11H,3-9H2,1-2H3. The highest BCUT2D eigenvalue weighted by Gasteiger charge is 2.31. The third kappa shape index (κ3) is 4.42. The summed E-state index contributed by atoms with van der Waals surface area (Å²) in [5.74, 6) is 0.186. The molecule has 0 heterocycles. The minimum atomic E-state index is -0.218. The van der Waals surface area contributed by atoms with Gasteiger partial charge in [-0.15, -0.1) is 0 Å². The van der Waals surface area contributed by atoms with E-state index in [2.05, 4.69) is 0 Å². The Labute approximate surface area is 152 Å². The highest BCUT2D eigenvalue weighted by molar-refractivity contribution is 6.45. The number of Topliss-reactive ketones (excluding diaryl/α,β-unsaturated/α-hetero) is 1. The van der Waals surface area contributed by atoms with Crippen LogP contribution in [0.5, 0.6) is 5.75 Å². The van der Waals surface area contributed by atoms with Crippen LogP contribution in [0.15, 0.2) is 6.07 Å². The average molecular weight is 373 g/mol. The lowest BCUT2D eigenvalue weighted by molar-refractivity contribution is -0.144. The van der Waals surface area contributed by atoms with Crippen LogP contribution in [0.1, 0.15) is 55.5 Å². The number of ketones is 1. The lowest BCUT2D eigenvalue weighted by Gasteiger charge is -2.12. The largest absolute Gasteiger partial charge is 0.492 e. The van der Waals surface area contributed by atoms with Crippen molar-refractivity contribution in [2.45, 2.75) is 46.0 Å². The Balaban J connectivity index is 1.88. The molecule has 0 radical (unpaired) electrons. The Morgan fingerprint density at radius 1 is 1.25 bits per heavy atom. The summed E-state index contributed by atoms with van der Waals surface area (Å²) in [6.07, 6.45) is 3.35. The third-order valence-corrected chi connectivity index (χ3v) is 4.87. The van der Waals surface area contributed by atoms with Crippen LogP contribution in [-0.2, 0) is 16.0 Å². The van der Waals surface area contributed by atoms with Crippen molar-refractivity contribution >= 4 is 35.0 Å². The van der Waals surface area contributed by atoms with Gasteiger partial charge in [0.25, 0.3) is 0 Å². The van der Waals surface area contributed by atoms with Gasteiger partial charge in [-0.25, -0.2) is 0 Å². The zero-order chi connectivity index (χ0) is 17.7. The van der Waals surface area contributed by atoms with E-state index in [4.69, 9.17) is 32.7 Å². The second-order valence-electron chi connectivity index (χ2n) is 6.03. The van der Waals surface area contributed by atoms with Crippen LogP contribution in [0.25, 0.3) is 0 Å². The summed E-state index contributed by atoms with van der Waals surface area (Å²) >= 11 is 12.4. The maximum Gasteiger partial charge on any atom is 0.305 e. The second kappa shape index (κ2) is 8.72. The van der Waals surface area contributed by atoms with E-state index in [1.54, 1.807) is 6.07 Å². The molecule has 0 bridgehead atoms. The molecule has 0 fully saturated rings. The molecule has 0 amide bonds. The number of esters is 1. The van der Waals surface area contributed by atoms with Gasteiger partial charge in [0.05, 0.1) is 18.2 Å². The van der Waals surface area contributed by atoms with Gasteiger partial charge in [-0.1, -0.05) is 43.5 Å². The molecule has 0 aromatic heterocycles. The topological polar surface area (TPSA) is 52.6 Å². The molecule has 24 heavy (non-hydrogen) atoms. The van der Waals surface area contributed by atoms with E-state index < -0.39 is 0 Å². The Bertz CT molecular complexity index is 628. The lowest BCUT2D eigenvalue weighted by Crippen LogP contribution is -2.08. The molecule has 1 atom stereocenters. The van der Waals surface area contributed by atoms with Crippen LogP contribution >= 0.6 is 23.2 Å². The van der Waals surface area contributed by atoms with Crippen molar-refractivity contribution in [2.24, 2.45) is 5.92 Å². The minimum Gasteiger partial charge on any atom is -0.492 e. The van der Waals surface area contributed by atoms with Gasteiger partial charge in [-0.05, 0) is 30.9 Å². The fourth-order valence-corrected chi connectivity index (χ4v) is 3.17. The SMILES string of the molecule is CCCCOC(=O)CCCOc1cc2c(c(Cl)c1Cl)C(=O)C(C)C2. The van der Waals surface area contributed by atoms with Crippen LogP contribution in [0.3, 0.4) is 0 Å². The quantitative estimate of drug-likeness (QED) is 0.482. The van der Waals surface area contributed by atoms with Crippen LogP contribution < -0.4 is 4.74 Å². The molecule has 0 spiro atoms. The molecule has 1 aromatic carbocycles.